The van der Waals surface area contributed by atoms with Crippen molar-refractivity contribution >= 4 is 21.6 Å². The van der Waals surface area contributed by atoms with Crippen LogP contribution >= 0.6 is 11.6 Å². The molecule has 2 saturated carbocycles. The van der Waals surface area contributed by atoms with Crippen molar-refractivity contribution in [2.45, 2.75) is 55.4 Å². The summed E-state index contributed by atoms with van der Waals surface area (Å²) in [5.41, 5.74) is 3.59. The number of nitrogens with zero attached hydrogens (tertiary/aromatic N) is 1. The molecule has 4 aliphatic rings. The van der Waals surface area contributed by atoms with Crippen LogP contribution in [0.5, 0.6) is 5.75 Å². The molecule has 1 saturated heterocycles. The van der Waals surface area contributed by atoms with E-state index in [2.05, 4.69) is 22.7 Å². The molecule has 3 aliphatic carbocycles. The van der Waals surface area contributed by atoms with Gasteiger partial charge in [0.2, 0.25) is 10.0 Å². The van der Waals surface area contributed by atoms with E-state index in [1.165, 1.54) is 5.56 Å². The third kappa shape index (κ3) is 3.51. The number of rotatable bonds is 8. The van der Waals surface area contributed by atoms with Crippen molar-refractivity contribution in [3.8, 4) is 5.75 Å². The van der Waals surface area contributed by atoms with Crippen LogP contribution in [0.1, 0.15) is 41.9 Å². The molecule has 8 heteroatoms. The second-order valence-corrected chi connectivity index (χ2v) is 12.5. The molecule has 0 amide bonds. The zero-order chi connectivity index (χ0) is 23.0. The van der Waals surface area contributed by atoms with Gasteiger partial charge in [0, 0.05) is 29.1 Å². The molecular formula is C25H28ClFN2O3S. The number of nitrogens with one attached hydrogen (secondary N) is 1. The molecule has 3 atom stereocenters. The maximum Gasteiger partial charge on any atom is 0.214 e. The van der Waals surface area contributed by atoms with E-state index in [0.29, 0.717) is 24.9 Å². The Bertz CT molecular complexity index is 1210. The molecule has 1 aliphatic heterocycles. The third-order valence-electron chi connectivity index (χ3n) is 8.28. The van der Waals surface area contributed by atoms with Crippen molar-refractivity contribution in [2.24, 2.45) is 5.41 Å². The van der Waals surface area contributed by atoms with Gasteiger partial charge < -0.3 is 4.74 Å². The predicted molar refractivity (Wildman–Crippen MR) is 126 cm³/mol. The maximum absolute atomic E-state index is 14.9. The summed E-state index contributed by atoms with van der Waals surface area (Å²) in [5, 5.41) is 0.436. The van der Waals surface area contributed by atoms with Crippen molar-refractivity contribution < 1.29 is 17.5 Å². The van der Waals surface area contributed by atoms with Gasteiger partial charge in [-0.1, -0.05) is 30.2 Å². The summed E-state index contributed by atoms with van der Waals surface area (Å²) in [7, 11) is -1.14. The Balaban J connectivity index is 1.19. The number of likely N-dealkylation sites (N-methyl/N-ethyl adjacent to an activating group) is 1. The zero-order valence-corrected chi connectivity index (χ0v) is 20.1. The lowest BCUT2D eigenvalue weighted by Gasteiger charge is -2.29. The van der Waals surface area contributed by atoms with Gasteiger partial charge >= 0.3 is 0 Å². The molecule has 33 heavy (non-hydrogen) atoms. The van der Waals surface area contributed by atoms with E-state index >= 15 is 0 Å². The van der Waals surface area contributed by atoms with Crippen LogP contribution in [0.15, 0.2) is 36.4 Å². The van der Waals surface area contributed by atoms with Crippen LogP contribution in [-0.2, 0) is 22.9 Å². The quantitative estimate of drug-likeness (QED) is 0.450. The molecule has 0 bridgehead atoms. The molecule has 5 nitrogen and oxygen atoms in total. The van der Waals surface area contributed by atoms with E-state index in [1.807, 2.05) is 24.3 Å². The largest absolute Gasteiger partial charge is 0.489 e. The second kappa shape index (κ2) is 7.67. The average molecular weight is 491 g/mol. The highest BCUT2D eigenvalue weighted by Crippen LogP contribution is 2.76. The van der Waals surface area contributed by atoms with Gasteiger partial charge in [0.1, 0.15) is 6.61 Å². The number of sulfonamides is 1. The van der Waals surface area contributed by atoms with Crippen molar-refractivity contribution in [1.82, 2.24) is 9.62 Å². The van der Waals surface area contributed by atoms with Crippen LogP contribution in [0.4, 0.5) is 4.39 Å². The number of hydrogen-bond donors (Lipinski definition) is 1. The third-order valence-corrected chi connectivity index (χ3v) is 10.5. The minimum Gasteiger partial charge on any atom is -0.489 e. The van der Waals surface area contributed by atoms with Crippen LogP contribution in [0.25, 0.3) is 0 Å². The SMILES string of the molecule is CN1C2C1C21Cc2cc(F)c(OCCNS(=O)(=O)C3CCC3)cc2C1Cc1cccc(Cl)c1. The van der Waals surface area contributed by atoms with Crippen LogP contribution in [-0.4, -0.2) is 50.9 Å². The molecule has 0 radical (unpaired) electrons. The first-order valence-electron chi connectivity index (χ1n) is 11.7. The number of likely N-dealkylation sites (tertiary alicyclic amines) is 1. The van der Waals surface area contributed by atoms with Crippen molar-refractivity contribution in [1.29, 1.82) is 0 Å². The highest BCUT2D eigenvalue weighted by atomic mass is 35.5. The normalized spacial score (nSPS) is 31.7. The van der Waals surface area contributed by atoms with Gasteiger partial charge in [0.25, 0.3) is 0 Å². The Morgan fingerprint density at radius 1 is 1.24 bits per heavy atom. The van der Waals surface area contributed by atoms with Crippen LogP contribution < -0.4 is 9.46 Å². The fraction of sp³-hybridized carbons (Fsp3) is 0.520. The summed E-state index contributed by atoms with van der Waals surface area (Å²) in [6.07, 6.45) is 4.13. The lowest BCUT2D eigenvalue weighted by Crippen LogP contribution is -2.40. The van der Waals surface area contributed by atoms with Gasteiger partial charge in [0.05, 0.1) is 5.25 Å². The number of ether oxygens (including phenoxy) is 1. The minimum atomic E-state index is -3.30. The summed E-state index contributed by atoms with van der Waals surface area (Å²) < 4.78 is 47.5. The summed E-state index contributed by atoms with van der Waals surface area (Å²) in [6, 6.07) is 12.6. The number of fused-ring (bicyclic) bond motifs is 4. The summed E-state index contributed by atoms with van der Waals surface area (Å²) in [6.45, 7) is 0.236. The highest BCUT2D eigenvalue weighted by Gasteiger charge is 2.84. The number of benzene rings is 2. The standard InChI is InChI=1S/C25H28ClFN2O3S/c1-29-23-24(29)25(23)14-16-12-21(27)22(32-9-8-28-33(30,31)18-6-3-7-18)13-19(16)20(25)11-15-4-2-5-17(26)10-15/h2,4-5,10,12-13,18,20,23-24,28H,3,6-9,11,14H2,1H3. The van der Waals surface area contributed by atoms with Crippen LogP contribution in [0.2, 0.25) is 5.02 Å². The maximum atomic E-state index is 14.9. The van der Waals surface area contributed by atoms with E-state index in [-0.39, 0.29) is 41.3 Å². The monoisotopic (exact) mass is 490 g/mol. The number of halogens is 2. The van der Waals surface area contributed by atoms with E-state index in [1.54, 1.807) is 6.07 Å². The molecule has 2 aromatic carbocycles. The van der Waals surface area contributed by atoms with Crippen LogP contribution in [0.3, 0.4) is 0 Å². The Hall–Kier alpha value is -1.67. The van der Waals surface area contributed by atoms with Crippen LogP contribution in [0, 0.1) is 11.2 Å². The fourth-order valence-electron chi connectivity index (χ4n) is 6.34. The Morgan fingerprint density at radius 2 is 2.03 bits per heavy atom. The fourth-order valence-corrected chi connectivity index (χ4v) is 8.11. The molecule has 1 spiro atoms. The second-order valence-electron chi connectivity index (χ2n) is 10.1. The van der Waals surface area contributed by atoms with E-state index in [4.69, 9.17) is 16.3 Å². The lowest BCUT2D eigenvalue weighted by atomic mass is 9.81. The van der Waals surface area contributed by atoms with Crippen molar-refractivity contribution in [2.75, 3.05) is 20.2 Å². The van der Waals surface area contributed by atoms with Gasteiger partial charge in [-0.05, 0) is 79.6 Å². The van der Waals surface area contributed by atoms with Crippen molar-refractivity contribution in [3.05, 3.63) is 63.9 Å². The topological polar surface area (TPSA) is 58.4 Å². The smallest absolute Gasteiger partial charge is 0.214 e. The first-order valence-corrected chi connectivity index (χ1v) is 13.6. The van der Waals surface area contributed by atoms with Gasteiger partial charge in [-0.3, -0.25) is 4.90 Å². The van der Waals surface area contributed by atoms with E-state index in [9.17, 15) is 12.8 Å². The molecule has 3 fully saturated rings. The van der Waals surface area contributed by atoms with Gasteiger partial charge in [-0.15, -0.1) is 0 Å². The molecule has 0 aromatic heterocycles. The summed E-state index contributed by atoms with van der Waals surface area (Å²) in [5.74, 6) is 0.112. The average Bonchev–Trinajstić information content (AvgIpc) is 3.56. The Kier molecular flexibility index (Phi) is 5.07. The molecule has 6 rings (SSSR count). The van der Waals surface area contributed by atoms with E-state index in [0.717, 1.165) is 35.4 Å². The molecular weight excluding hydrogens is 463 g/mol. The van der Waals surface area contributed by atoms with Gasteiger partial charge in [-0.25, -0.2) is 17.5 Å². The molecule has 176 valence electrons. The number of hydrogen-bond acceptors (Lipinski definition) is 4. The Labute approximate surface area is 199 Å². The zero-order valence-electron chi connectivity index (χ0n) is 18.6. The first kappa shape index (κ1) is 21.8. The predicted octanol–water partition coefficient (Wildman–Crippen LogP) is 3.89. The highest BCUT2D eigenvalue weighted by molar-refractivity contribution is 7.90. The van der Waals surface area contributed by atoms with E-state index < -0.39 is 10.0 Å². The van der Waals surface area contributed by atoms with Gasteiger partial charge in [-0.2, -0.15) is 0 Å². The molecule has 1 N–H and O–H groups in total. The van der Waals surface area contributed by atoms with Gasteiger partial charge in [0.15, 0.2) is 11.6 Å². The summed E-state index contributed by atoms with van der Waals surface area (Å²) in [4.78, 5) is 2.39. The lowest BCUT2D eigenvalue weighted by molar-refractivity contribution is 0.226. The first-order chi connectivity index (χ1) is 15.8. The molecule has 2 aromatic rings. The molecule has 1 heterocycles. The molecule has 3 unspecified atom stereocenters. The minimum absolute atomic E-state index is 0.0970. The summed E-state index contributed by atoms with van der Waals surface area (Å²) >= 11 is 6.23. The van der Waals surface area contributed by atoms with Crippen molar-refractivity contribution in [3.63, 3.8) is 0 Å². The Morgan fingerprint density at radius 3 is 2.70 bits per heavy atom.